The zero-order valence-electron chi connectivity index (χ0n) is 19.3. The van der Waals surface area contributed by atoms with Crippen LogP contribution < -0.4 is 10.1 Å². The Morgan fingerprint density at radius 1 is 1.12 bits per heavy atom. The van der Waals surface area contributed by atoms with Gasteiger partial charge in [-0.15, -0.1) is 11.8 Å². The van der Waals surface area contributed by atoms with Gasteiger partial charge in [-0.05, 0) is 49.9 Å². The molecule has 1 atom stereocenters. The molecule has 2 aromatic rings. The van der Waals surface area contributed by atoms with Gasteiger partial charge in [0.2, 0.25) is 11.8 Å². The fraction of sp³-hybridized carbons (Fsp3) is 0.462. The van der Waals surface area contributed by atoms with E-state index in [0.717, 1.165) is 42.7 Å². The van der Waals surface area contributed by atoms with Crippen LogP contribution in [0.1, 0.15) is 49.3 Å². The Kier molecular flexibility index (Phi) is 9.03. The molecule has 1 saturated carbocycles. The number of nitrogens with one attached hydrogen (secondary N) is 1. The van der Waals surface area contributed by atoms with Crippen LogP contribution in [0.5, 0.6) is 5.75 Å². The van der Waals surface area contributed by atoms with Crippen LogP contribution in [0.2, 0.25) is 0 Å². The van der Waals surface area contributed by atoms with Gasteiger partial charge in [0.15, 0.2) is 0 Å². The molecule has 172 valence electrons. The lowest BCUT2D eigenvalue weighted by atomic mass is 10.1. The van der Waals surface area contributed by atoms with Crippen molar-refractivity contribution in [1.82, 2.24) is 10.2 Å². The first-order chi connectivity index (χ1) is 15.5. The van der Waals surface area contributed by atoms with E-state index in [9.17, 15) is 9.59 Å². The fourth-order valence-corrected chi connectivity index (χ4v) is 4.84. The lowest BCUT2D eigenvalue weighted by Gasteiger charge is -2.30. The number of benzene rings is 2. The molecule has 0 bridgehead atoms. The Labute approximate surface area is 195 Å². The largest absolute Gasteiger partial charge is 0.497 e. The van der Waals surface area contributed by atoms with Crippen LogP contribution in [0.3, 0.4) is 0 Å². The Balaban J connectivity index is 1.66. The first kappa shape index (κ1) is 24.2. The van der Waals surface area contributed by atoms with E-state index in [2.05, 4.69) is 36.5 Å². The van der Waals surface area contributed by atoms with Crippen molar-refractivity contribution in [3.05, 3.63) is 65.2 Å². The summed E-state index contributed by atoms with van der Waals surface area (Å²) in [5.41, 5.74) is 3.36. The van der Waals surface area contributed by atoms with Crippen molar-refractivity contribution in [2.75, 3.05) is 12.9 Å². The number of carbonyl (C=O) groups is 2. The number of nitrogens with zero attached hydrogens (tertiary/aromatic N) is 1. The summed E-state index contributed by atoms with van der Waals surface area (Å²) in [5, 5.41) is 3.15. The molecule has 5 nitrogen and oxygen atoms in total. The number of thioether (sulfide) groups is 1. The van der Waals surface area contributed by atoms with E-state index in [-0.39, 0.29) is 17.9 Å². The van der Waals surface area contributed by atoms with Crippen LogP contribution in [0.15, 0.2) is 48.5 Å². The van der Waals surface area contributed by atoms with E-state index in [1.165, 1.54) is 11.1 Å². The first-order valence-corrected chi connectivity index (χ1v) is 12.5. The number of ether oxygens (including phenoxy) is 1. The number of aryl methyl sites for hydroxylation is 1. The van der Waals surface area contributed by atoms with Gasteiger partial charge in [0.05, 0.1) is 12.9 Å². The van der Waals surface area contributed by atoms with Crippen molar-refractivity contribution >= 4 is 23.6 Å². The highest BCUT2D eigenvalue weighted by Gasteiger charge is 2.28. The molecule has 0 spiro atoms. The Morgan fingerprint density at radius 2 is 1.84 bits per heavy atom. The summed E-state index contributed by atoms with van der Waals surface area (Å²) in [4.78, 5) is 27.9. The third-order valence-corrected chi connectivity index (χ3v) is 6.96. The quantitative estimate of drug-likeness (QED) is 0.565. The molecule has 6 heteroatoms. The van der Waals surface area contributed by atoms with Crippen molar-refractivity contribution in [3.8, 4) is 5.75 Å². The third-order valence-electron chi connectivity index (χ3n) is 5.97. The second-order valence-corrected chi connectivity index (χ2v) is 9.50. The lowest BCUT2D eigenvalue weighted by molar-refractivity contribution is -0.138. The summed E-state index contributed by atoms with van der Waals surface area (Å²) in [6.45, 7) is 4.27. The zero-order valence-corrected chi connectivity index (χ0v) is 20.1. The van der Waals surface area contributed by atoms with Gasteiger partial charge in [0.1, 0.15) is 11.8 Å². The number of rotatable bonds is 10. The van der Waals surface area contributed by atoms with Crippen molar-refractivity contribution in [2.24, 2.45) is 0 Å². The van der Waals surface area contributed by atoms with Crippen LogP contribution >= 0.6 is 11.8 Å². The molecule has 0 aromatic heterocycles. The molecular formula is C26H34N2O3S. The molecule has 1 N–H and O–H groups in total. The Bertz CT molecular complexity index is 894. The number of methoxy groups -OCH3 is 1. The van der Waals surface area contributed by atoms with E-state index in [1.54, 1.807) is 23.8 Å². The van der Waals surface area contributed by atoms with Crippen LogP contribution in [-0.4, -0.2) is 41.7 Å². The minimum absolute atomic E-state index is 0.0287. The van der Waals surface area contributed by atoms with Crippen molar-refractivity contribution in [3.63, 3.8) is 0 Å². The number of amides is 2. The molecule has 32 heavy (non-hydrogen) atoms. The topological polar surface area (TPSA) is 58.6 Å². The summed E-state index contributed by atoms with van der Waals surface area (Å²) in [6.07, 6.45) is 4.35. The van der Waals surface area contributed by atoms with Gasteiger partial charge in [-0.2, -0.15) is 0 Å². The van der Waals surface area contributed by atoms with Crippen LogP contribution in [0, 0.1) is 6.92 Å². The fourth-order valence-electron chi connectivity index (χ4n) is 3.97. The predicted molar refractivity (Wildman–Crippen MR) is 131 cm³/mol. The smallest absolute Gasteiger partial charge is 0.242 e. The number of carbonyl (C=O) groups excluding carboxylic acids is 2. The summed E-state index contributed by atoms with van der Waals surface area (Å²) >= 11 is 1.58. The first-order valence-electron chi connectivity index (χ1n) is 11.3. The average molecular weight is 455 g/mol. The van der Waals surface area contributed by atoms with Crippen molar-refractivity contribution in [1.29, 1.82) is 0 Å². The van der Waals surface area contributed by atoms with Gasteiger partial charge in [-0.3, -0.25) is 9.59 Å². The molecule has 3 rings (SSSR count). The minimum atomic E-state index is -0.533. The second kappa shape index (κ2) is 12.0. The highest BCUT2D eigenvalue weighted by molar-refractivity contribution is 7.99. The number of hydrogen-bond donors (Lipinski definition) is 1. The molecule has 1 fully saturated rings. The van der Waals surface area contributed by atoms with Gasteiger partial charge >= 0.3 is 0 Å². The van der Waals surface area contributed by atoms with Gasteiger partial charge in [0.25, 0.3) is 0 Å². The summed E-state index contributed by atoms with van der Waals surface area (Å²) in [7, 11) is 1.63. The maximum absolute atomic E-state index is 13.2. The van der Waals surface area contributed by atoms with Crippen molar-refractivity contribution < 1.29 is 14.3 Å². The van der Waals surface area contributed by atoms with E-state index in [0.29, 0.717) is 12.3 Å². The van der Waals surface area contributed by atoms with Gasteiger partial charge < -0.3 is 15.0 Å². The van der Waals surface area contributed by atoms with Crippen molar-refractivity contribution in [2.45, 2.75) is 63.9 Å². The van der Waals surface area contributed by atoms with E-state index < -0.39 is 6.04 Å². The molecule has 0 aliphatic heterocycles. The lowest BCUT2D eigenvalue weighted by Crippen LogP contribution is -2.50. The molecule has 0 saturated heterocycles. The maximum atomic E-state index is 13.2. The second-order valence-electron chi connectivity index (χ2n) is 8.52. The van der Waals surface area contributed by atoms with Crippen LogP contribution in [0.4, 0.5) is 0 Å². The molecule has 2 amide bonds. The normalized spacial score (nSPS) is 14.7. The van der Waals surface area contributed by atoms with Gasteiger partial charge in [0, 0.05) is 18.3 Å². The summed E-state index contributed by atoms with van der Waals surface area (Å²) < 4.78 is 5.33. The highest BCUT2D eigenvalue weighted by atomic mass is 32.2. The van der Waals surface area contributed by atoms with E-state index >= 15 is 0 Å². The van der Waals surface area contributed by atoms with E-state index in [4.69, 9.17) is 4.74 Å². The predicted octanol–water partition coefficient (Wildman–Crippen LogP) is 4.71. The maximum Gasteiger partial charge on any atom is 0.242 e. The molecule has 2 aromatic carbocycles. The third kappa shape index (κ3) is 7.02. The minimum Gasteiger partial charge on any atom is -0.497 e. The molecular weight excluding hydrogens is 420 g/mol. The Morgan fingerprint density at radius 3 is 2.53 bits per heavy atom. The zero-order chi connectivity index (χ0) is 22.9. The molecule has 0 heterocycles. The Hall–Kier alpha value is -2.47. The monoisotopic (exact) mass is 454 g/mol. The standard InChI is InChI=1S/C26H34N2O3S/c1-19-11-13-21(14-12-19)17-32-18-25(29)28(16-22-7-6-10-24(15-22)31-3)20(2)26(30)27-23-8-4-5-9-23/h6-7,10-15,20,23H,4-5,8-9,16-18H2,1-3H3,(H,27,30)/t20-/m0/s1. The average Bonchev–Trinajstić information content (AvgIpc) is 3.31. The molecule has 1 aliphatic rings. The molecule has 0 radical (unpaired) electrons. The summed E-state index contributed by atoms with van der Waals surface area (Å²) in [6, 6.07) is 15.7. The van der Waals surface area contributed by atoms with Crippen LogP contribution in [0.25, 0.3) is 0 Å². The van der Waals surface area contributed by atoms with E-state index in [1.807, 2.05) is 31.2 Å². The number of hydrogen-bond acceptors (Lipinski definition) is 4. The van der Waals surface area contributed by atoms with Crippen LogP contribution in [-0.2, 0) is 21.9 Å². The summed E-state index contributed by atoms with van der Waals surface area (Å²) in [5.74, 6) is 1.74. The highest BCUT2D eigenvalue weighted by Crippen LogP contribution is 2.21. The van der Waals surface area contributed by atoms with Gasteiger partial charge in [-0.1, -0.05) is 54.8 Å². The SMILES string of the molecule is COc1cccc(CN(C(=O)CSCc2ccc(C)cc2)[C@@H](C)C(=O)NC2CCCC2)c1. The molecule has 1 aliphatic carbocycles. The van der Waals surface area contributed by atoms with Gasteiger partial charge in [-0.25, -0.2) is 0 Å². The molecule has 0 unspecified atom stereocenters.